The molecular weight excluding hydrogens is 261 g/mol. The highest BCUT2D eigenvalue weighted by Crippen LogP contribution is 2.36. The van der Waals surface area contributed by atoms with Gasteiger partial charge in [-0.05, 0) is 6.07 Å². The molecule has 0 saturated heterocycles. The average Bonchev–Trinajstić information content (AvgIpc) is 2.25. The first-order chi connectivity index (χ1) is 8.17. The Morgan fingerprint density at radius 1 is 1.33 bits per heavy atom. The molecule has 0 aromatic carbocycles. The van der Waals surface area contributed by atoms with Crippen molar-refractivity contribution in [1.29, 1.82) is 5.26 Å². The highest BCUT2D eigenvalue weighted by Gasteiger charge is 2.58. The molecule has 0 aliphatic carbocycles. The number of hydrogen-bond acceptors (Lipinski definition) is 4. The van der Waals surface area contributed by atoms with E-state index in [0.29, 0.717) is 0 Å². The number of rotatable bonds is 3. The van der Waals surface area contributed by atoms with Crippen LogP contribution in [0.15, 0.2) is 12.3 Å². The van der Waals surface area contributed by atoms with Crippen molar-refractivity contribution in [3.8, 4) is 11.9 Å². The number of halogens is 5. The Morgan fingerprint density at radius 3 is 2.39 bits per heavy atom. The maximum Gasteiger partial charge on any atom is 0.456 e. The fourth-order valence-corrected chi connectivity index (χ4v) is 0.892. The fraction of sp³-hybridized carbons (Fsp3) is 0.333. The second-order valence-corrected chi connectivity index (χ2v) is 3.22. The number of aromatic nitrogens is 1. The van der Waals surface area contributed by atoms with Crippen molar-refractivity contribution in [2.75, 3.05) is 12.3 Å². The molecule has 0 aliphatic rings. The molecule has 0 atom stereocenters. The van der Waals surface area contributed by atoms with Gasteiger partial charge in [-0.25, -0.2) is 4.98 Å². The molecule has 0 spiro atoms. The number of alkyl halides is 5. The number of hydrogen-bond donors (Lipinski definition) is 1. The second kappa shape index (κ2) is 4.64. The molecule has 0 radical (unpaired) electrons. The van der Waals surface area contributed by atoms with Crippen molar-refractivity contribution in [3.63, 3.8) is 0 Å². The number of nitriles is 1. The summed E-state index contributed by atoms with van der Waals surface area (Å²) in [6.45, 7) is -1.93. The van der Waals surface area contributed by atoms with Gasteiger partial charge in [0.05, 0.1) is 11.3 Å². The summed E-state index contributed by atoms with van der Waals surface area (Å²) in [6.07, 6.45) is -4.77. The lowest BCUT2D eigenvalue weighted by molar-refractivity contribution is -0.290. The monoisotopic (exact) mass is 267 g/mol. The highest BCUT2D eigenvalue weighted by atomic mass is 19.4. The Labute approximate surface area is 97.8 Å². The summed E-state index contributed by atoms with van der Waals surface area (Å²) < 4.78 is 64.7. The zero-order valence-corrected chi connectivity index (χ0v) is 8.63. The van der Waals surface area contributed by atoms with Crippen LogP contribution < -0.4 is 10.5 Å². The lowest BCUT2D eigenvalue weighted by Gasteiger charge is -2.19. The molecular formula is C9H6F5N3O. The summed E-state index contributed by atoms with van der Waals surface area (Å²) in [6, 6.07) is 2.72. The normalized spacial score (nSPS) is 12.0. The van der Waals surface area contributed by atoms with E-state index in [2.05, 4.69) is 9.72 Å². The van der Waals surface area contributed by atoms with Crippen molar-refractivity contribution in [2.24, 2.45) is 0 Å². The van der Waals surface area contributed by atoms with Crippen LogP contribution in [0.5, 0.6) is 5.88 Å². The van der Waals surface area contributed by atoms with Crippen LogP contribution in [0.25, 0.3) is 0 Å². The van der Waals surface area contributed by atoms with E-state index in [1.54, 1.807) is 6.07 Å². The Morgan fingerprint density at radius 2 is 1.94 bits per heavy atom. The minimum absolute atomic E-state index is 0.0300. The van der Waals surface area contributed by atoms with Gasteiger partial charge in [-0.15, -0.1) is 0 Å². The van der Waals surface area contributed by atoms with Crippen molar-refractivity contribution in [3.05, 3.63) is 17.8 Å². The molecule has 2 N–H and O–H groups in total. The summed E-state index contributed by atoms with van der Waals surface area (Å²) in [4.78, 5) is 3.36. The fourth-order valence-electron chi connectivity index (χ4n) is 0.892. The molecule has 0 aliphatic heterocycles. The quantitative estimate of drug-likeness (QED) is 0.851. The van der Waals surface area contributed by atoms with Crippen LogP contribution in [0.3, 0.4) is 0 Å². The molecule has 18 heavy (non-hydrogen) atoms. The second-order valence-electron chi connectivity index (χ2n) is 3.22. The van der Waals surface area contributed by atoms with Crippen LogP contribution in [0.2, 0.25) is 0 Å². The van der Waals surface area contributed by atoms with Gasteiger partial charge in [0.15, 0.2) is 6.61 Å². The van der Waals surface area contributed by atoms with Gasteiger partial charge in [0.25, 0.3) is 0 Å². The Hall–Kier alpha value is -2.11. The number of nitrogens with two attached hydrogens (primary N) is 1. The molecule has 1 aromatic heterocycles. The van der Waals surface area contributed by atoms with E-state index in [4.69, 9.17) is 11.0 Å². The minimum atomic E-state index is -5.71. The Kier molecular flexibility index (Phi) is 3.59. The van der Waals surface area contributed by atoms with Gasteiger partial charge in [0.2, 0.25) is 5.88 Å². The van der Waals surface area contributed by atoms with Gasteiger partial charge >= 0.3 is 12.1 Å². The summed E-state index contributed by atoms with van der Waals surface area (Å²) in [7, 11) is 0. The van der Waals surface area contributed by atoms with Gasteiger partial charge in [-0.2, -0.15) is 27.2 Å². The van der Waals surface area contributed by atoms with E-state index >= 15 is 0 Å². The van der Waals surface area contributed by atoms with Crippen molar-refractivity contribution in [1.82, 2.24) is 4.98 Å². The summed E-state index contributed by atoms with van der Waals surface area (Å²) in [5.41, 5.74) is 5.00. The van der Waals surface area contributed by atoms with Crippen LogP contribution in [-0.4, -0.2) is 23.7 Å². The average molecular weight is 267 g/mol. The number of anilines is 1. The van der Waals surface area contributed by atoms with Crippen LogP contribution in [-0.2, 0) is 0 Å². The molecule has 1 heterocycles. The zero-order valence-electron chi connectivity index (χ0n) is 8.63. The lowest BCUT2D eigenvalue weighted by Crippen LogP contribution is -2.41. The van der Waals surface area contributed by atoms with E-state index in [1.165, 1.54) is 0 Å². The van der Waals surface area contributed by atoms with E-state index in [1.807, 2.05) is 0 Å². The van der Waals surface area contributed by atoms with E-state index in [9.17, 15) is 22.0 Å². The van der Waals surface area contributed by atoms with Gasteiger partial charge in [0, 0.05) is 6.20 Å². The van der Waals surface area contributed by atoms with E-state index < -0.39 is 24.6 Å². The van der Waals surface area contributed by atoms with Crippen LogP contribution >= 0.6 is 0 Å². The minimum Gasteiger partial charge on any atom is -0.469 e. The third kappa shape index (κ3) is 2.97. The Bertz CT molecular complexity index is 480. The third-order valence-electron chi connectivity index (χ3n) is 1.81. The molecule has 0 amide bonds. The first-order valence-corrected chi connectivity index (χ1v) is 4.40. The van der Waals surface area contributed by atoms with Crippen LogP contribution in [0.4, 0.5) is 27.6 Å². The standard InChI is InChI=1S/C9H6F5N3O/c10-8(11,9(12,13)14)4-18-7-6(16)1-5(2-15)3-17-7/h1,3H,4,16H2. The molecule has 0 unspecified atom stereocenters. The molecule has 1 rings (SSSR count). The van der Waals surface area contributed by atoms with Crippen LogP contribution in [0.1, 0.15) is 5.56 Å². The maximum atomic E-state index is 12.5. The molecule has 98 valence electrons. The zero-order chi connectivity index (χ0) is 14.0. The molecule has 9 heteroatoms. The number of pyridine rings is 1. The number of nitrogen functional groups attached to an aromatic ring is 1. The smallest absolute Gasteiger partial charge is 0.456 e. The first kappa shape index (κ1) is 14.0. The third-order valence-corrected chi connectivity index (χ3v) is 1.81. The predicted octanol–water partition coefficient (Wildman–Crippen LogP) is 2.11. The maximum absolute atomic E-state index is 12.5. The predicted molar refractivity (Wildman–Crippen MR) is 49.9 cm³/mol. The summed E-state index contributed by atoms with van der Waals surface area (Å²) >= 11 is 0. The van der Waals surface area contributed by atoms with Crippen molar-refractivity contribution in [2.45, 2.75) is 12.1 Å². The lowest BCUT2D eigenvalue weighted by atomic mass is 10.3. The summed E-state index contributed by atoms with van der Waals surface area (Å²) in [5, 5.41) is 8.46. The Balaban J connectivity index is 2.79. The molecule has 1 aromatic rings. The molecule has 0 fully saturated rings. The largest absolute Gasteiger partial charge is 0.469 e. The topological polar surface area (TPSA) is 71.9 Å². The van der Waals surface area contributed by atoms with Gasteiger partial charge in [-0.1, -0.05) is 0 Å². The highest BCUT2D eigenvalue weighted by molar-refractivity contribution is 5.51. The van der Waals surface area contributed by atoms with Gasteiger partial charge in [0.1, 0.15) is 6.07 Å². The van der Waals surface area contributed by atoms with E-state index in [0.717, 1.165) is 12.3 Å². The number of nitrogens with zero attached hydrogens (tertiary/aromatic N) is 2. The van der Waals surface area contributed by atoms with Crippen molar-refractivity contribution < 1.29 is 26.7 Å². The molecule has 4 nitrogen and oxygen atoms in total. The van der Waals surface area contributed by atoms with E-state index in [-0.39, 0.29) is 11.3 Å². The van der Waals surface area contributed by atoms with Crippen LogP contribution in [0, 0.1) is 11.3 Å². The van der Waals surface area contributed by atoms with Gasteiger partial charge < -0.3 is 10.5 Å². The molecule has 0 bridgehead atoms. The van der Waals surface area contributed by atoms with Gasteiger partial charge in [-0.3, -0.25) is 0 Å². The molecule has 0 saturated carbocycles. The summed E-state index contributed by atoms with van der Waals surface area (Å²) in [5.74, 6) is -5.59. The number of ether oxygens (including phenoxy) is 1. The van der Waals surface area contributed by atoms with Crippen molar-refractivity contribution >= 4 is 5.69 Å². The first-order valence-electron chi connectivity index (χ1n) is 4.40. The SMILES string of the molecule is N#Cc1cnc(OCC(F)(F)C(F)(F)F)c(N)c1.